The molecule has 0 radical (unpaired) electrons. The molecule has 0 aliphatic carbocycles. The minimum Gasteiger partial charge on any atom is -0.355 e. The van der Waals surface area contributed by atoms with Gasteiger partial charge in [0.05, 0.1) is 0 Å². The number of hydrogen-bond donors (Lipinski definition) is 3. The molecule has 1 fully saturated rings. The average molecular weight is 292 g/mol. The number of rotatable bonds is 4. The first-order valence-corrected chi connectivity index (χ1v) is 6.98. The molecular weight excluding hydrogens is 272 g/mol. The molecule has 1 aromatic rings. The molecule has 8 nitrogen and oxygen atoms in total. The lowest BCUT2D eigenvalue weighted by atomic mass is 10.1. The fourth-order valence-electron chi connectivity index (χ4n) is 2.23. The maximum absolute atomic E-state index is 12.1. The van der Waals surface area contributed by atoms with Gasteiger partial charge in [0.2, 0.25) is 5.91 Å². The molecule has 2 heterocycles. The lowest BCUT2D eigenvalue weighted by molar-refractivity contribution is -0.122. The summed E-state index contributed by atoms with van der Waals surface area (Å²) in [6, 6.07) is 3.01. The number of carbonyl (C=O) groups is 2. The van der Waals surface area contributed by atoms with Crippen LogP contribution in [0.1, 0.15) is 17.4 Å². The Hall–Kier alpha value is -2.22. The standard InChI is InChI=1S/C13H20N6O2/c1-3-16-13(21)10-8-15-6-7-19(10)11-5-4-9(17-18-11)12(20)14-2/h4-5,10,15H,3,6-8H2,1-2H3,(H,14,20)(H,16,21). The Bertz CT molecular complexity index is 504. The minimum atomic E-state index is -0.321. The zero-order valence-electron chi connectivity index (χ0n) is 12.2. The third-order valence-corrected chi connectivity index (χ3v) is 3.30. The highest BCUT2D eigenvalue weighted by Gasteiger charge is 2.29. The Morgan fingerprint density at radius 2 is 2.24 bits per heavy atom. The summed E-state index contributed by atoms with van der Waals surface area (Å²) >= 11 is 0. The Morgan fingerprint density at radius 1 is 1.43 bits per heavy atom. The van der Waals surface area contributed by atoms with Crippen molar-refractivity contribution in [3.8, 4) is 0 Å². The van der Waals surface area contributed by atoms with Crippen LogP contribution in [0.4, 0.5) is 5.82 Å². The van der Waals surface area contributed by atoms with E-state index in [1.54, 1.807) is 19.2 Å². The summed E-state index contributed by atoms with van der Waals surface area (Å²) in [5.74, 6) is 0.275. The molecule has 1 atom stereocenters. The van der Waals surface area contributed by atoms with Crippen LogP contribution >= 0.6 is 0 Å². The van der Waals surface area contributed by atoms with E-state index in [-0.39, 0.29) is 23.6 Å². The highest BCUT2D eigenvalue weighted by atomic mass is 16.2. The van der Waals surface area contributed by atoms with Gasteiger partial charge in [-0.2, -0.15) is 0 Å². The maximum Gasteiger partial charge on any atom is 0.271 e. The zero-order valence-corrected chi connectivity index (χ0v) is 12.2. The number of amides is 2. The van der Waals surface area contributed by atoms with Crippen LogP contribution in [0.25, 0.3) is 0 Å². The van der Waals surface area contributed by atoms with Crippen LogP contribution in [0, 0.1) is 0 Å². The molecule has 1 aliphatic rings. The van der Waals surface area contributed by atoms with Crippen molar-refractivity contribution in [1.29, 1.82) is 0 Å². The fourth-order valence-corrected chi connectivity index (χ4v) is 2.23. The SMILES string of the molecule is CCNC(=O)C1CNCCN1c1ccc(C(=O)NC)nn1. The van der Waals surface area contributed by atoms with Crippen molar-refractivity contribution in [2.75, 3.05) is 38.1 Å². The van der Waals surface area contributed by atoms with Gasteiger partial charge in [0.25, 0.3) is 5.91 Å². The smallest absolute Gasteiger partial charge is 0.271 e. The molecule has 21 heavy (non-hydrogen) atoms. The monoisotopic (exact) mass is 292 g/mol. The molecule has 0 aromatic carbocycles. The third kappa shape index (κ3) is 3.46. The number of nitrogens with zero attached hydrogens (tertiary/aromatic N) is 3. The van der Waals surface area contributed by atoms with Gasteiger partial charge in [-0.3, -0.25) is 9.59 Å². The Morgan fingerprint density at radius 3 is 2.86 bits per heavy atom. The summed E-state index contributed by atoms with van der Waals surface area (Å²) in [6.07, 6.45) is 0. The molecule has 1 saturated heterocycles. The quantitative estimate of drug-likeness (QED) is 0.641. The second-order valence-corrected chi connectivity index (χ2v) is 4.66. The molecule has 2 amide bonds. The molecule has 3 N–H and O–H groups in total. The largest absolute Gasteiger partial charge is 0.355 e. The second kappa shape index (κ2) is 6.98. The van der Waals surface area contributed by atoms with Gasteiger partial charge in [-0.05, 0) is 19.1 Å². The topological polar surface area (TPSA) is 99.2 Å². The summed E-state index contributed by atoms with van der Waals surface area (Å²) in [5.41, 5.74) is 0.256. The van der Waals surface area contributed by atoms with Gasteiger partial charge < -0.3 is 20.9 Å². The molecule has 1 unspecified atom stereocenters. The fraction of sp³-hybridized carbons (Fsp3) is 0.538. The van der Waals surface area contributed by atoms with E-state index in [1.807, 2.05) is 11.8 Å². The summed E-state index contributed by atoms with van der Waals surface area (Å²) in [5, 5.41) is 16.5. The average Bonchev–Trinajstić information content (AvgIpc) is 2.54. The zero-order chi connectivity index (χ0) is 15.2. The van der Waals surface area contributed by atoms with E-state index < -0.39 is 0 Å². The normalized spacial score (nSPS) is 18.2. The number of hydrogen-bond acceptors (Lipinski definition) is 6. The number of likely N-dealkylation sites (N-methyl/N-ethyl adjacent to an activating group) is 1. The van der Waals surface area contributed by atoms with Gasteiger partial charge in [0, 0.05) is 33.2 Å². The Balaban J connectivity index is 2.17. The number of aromatic nitrogens is 2. The van der Waals surface area contributed by atoms with Crippen LogP contribution < -0.4 is 20.9 Å². The van der Waals surface area contributed by atoms with Gasteiger partial charge in [-0.1, -0.05) is 0 Å². The predicted octanol–water partition coefficient (Wildman–Crippen LogP) is -1.25. The highest BCUT2D eigenvalue weighted by molar-refractivity contribution is 5.92. The van der Waals surface area contributed by atoms with Gasteiger partial charge in [0.15, 0.2) is 11.5 Å². The number of piperazine rings is 1. The molecule has 0 bridgehead atoms. The molecule has 2 rings (SSSR count). The summed E-state index contributed by atoms with van der Waals surface area (Å²) < 4.78 is 0. The highest BCUT2D eigenvalue weighted by Crippen LogP contribution is 2.15. The van der Waals surface area contributed by atoms with E-state index in [1.165, 1.54) is 0 Å². The van der Waals surface area contributed by atoms with Crippen molar-refractivity contribution in [3.63, 3.8) is 0 Å². The molecule has 1 aliphatic heterocycles. The van der Waals surface area contributed by atoms with E-state index in [0.29, 0.717) is 25.5 Å². The van der Waals surface area contributed by atoms with E-state index in [4.69, 9.17) is 0 Å². The third-order valence-electron chi connectivity index (χ3n) is 3.30. The van der Waals surface area contributed by atoms with Crippen LogP contribution in [0.3, 0.4) is 0 Å². The molecule has 8 heteroatoms. The van der Waals surface area contributed by atoms with Gasteiger partial charge in [-0.15, -0.1) is 10.2 Å². The Kier molecular flexibility index (Phi) is 5.04. The van der Waals surface area contributed by atoms with Crippen LogP contribution in [0.15, 0.2) is 12.1 Å². The van der Waals surface area contributed by atoms with Gasteiger partial charge in [-0.25, -0.2) is 0 Å². The number of anilines is 1. The number of nitrogens with one attached hydrogen (secondary N) is 3. The van der Waals surface area contributed by atoms with E-state index in [9.17, 15) is 9.59 Å². The Labute approximate surface area is 123 Å². The van der Waals surface area contributed by atoms with Gasteiger partial charge in [0.1, 0.15) is 6.04 Å². The van der Waals surface area contributed by atoms with Crippen LogP contribution in [-0.4, -0.2) is 61.3 Å². The van der Waals surface area contributed by atoms with Crippen molar-refractivity contribution in [3.05, 3.63) is 17.8 Å². The summed E-state index contributed by atoms with van der Waals surface area (Å²) in [6.45, 7) is 4.47. The first-order chi connectivity index (χ1) is 10.2. The second-order valence-electron chi connectivity index (χ2n) is 4.66. The minimum absolute atomic E-state index is 0.0399. The number of carbonyl (C=O) groups excluding carboxylic acids is 2. The molecule has 1 aromatic heterocycles. The molecule has 0 spiro atoms. The molecule has 114 valence electrons. The van der Waals surface area contributed by atoms with Crippen molar-refractivity contribution >= 4 is 17.6 Å². The van der Waals surface area contributed by atoms with Crippen LogP contribution in [0.2, 0.25) is 0 Å². The van der Waals surface area contributed by atoms with E-state index >= 15 is 0 Å². The summed E-state index contributed by atoms with van der Waals surface area (Å²) in [7, 11) is 1.54. The van der Waals surface area contributed by atoms with E-state index in [0.717, 1.165) is 6.54 Å². The van der Waals surface area contributed by atoms with Crippen molar-refractivity contribution < 1.29 is 9.59 Å². The van der Waals surface area contributed by atoms with Crippen molar-refractivity contribution in [1.82, 2.24) is 26.1 Å². The van der Waals surface area contributed by atoms with Crippen molar-refractivity contribution in [2.45, 2.75) is 13.0 Å². The van der Waals surface area contributed by atoms with Crippen molar-refractivity contribution in [2.24, 2.45) is 0 Å². The lowest BCUT2D eigenvalue weighted by Crippen LogP contribution is -2.58. The van der Waals surface area contributed by atoms with E-state index in [2.05, 4.69) is 26.1 Å². The molecule has 0 saturated carbocycles. The summed E-state index contributed by atoms with van der Waals surface area (Å²) in [4.78, 5) is 25.5. The van der Waals surface area contributed by atoms with Crippen LogP contribution in [0.5, 0.6) is 0 Å². The van der Waals surface area contributed by atoms with Crippen LogP contribution in [-0.2, 0) is 4.79 Å². The predicted molar refractivity (Wildman–Crippen MR) is 78.1 cm³/mol. The first kappa shape index (κ1) is 15.2. The maximum atomic E-state index is 12.1. The molecular formula is C13H20N6O2. The first-order valence-electron chi connectivity index (χ1n) is 6.98. The lowest BCUT2D eigenvalue weighted by Gasteiger charge is -2.35. The van der Waals surface area contributed by atoms with Gasteiger partial charge >= 0.3 is 0 Å².